The monoisotopic (exact) mass is 414 g/mol. The van der Waals surface area contributed by atoms with Crippen molar-refractivity contribution in [3.05, 3.63) is 32.9 Å². The van der Waals surface area contributed by atoms with Gasteiger partial charge in [-0.1, -0.05) is 0 Å². The quantitative estimate of drug-likeness (QED) is 0.565. The standard InChI is InChI=1S/C13H13F2IN2O.ClH/c14-10-1-9(12(16)2-11(10)15)13(19)18-5-7-3-17-4-8(7)6-18;/h1-2,7-8,17H,3-6H2;1H/t7-,8+;. The lowest BCUT2D eigenvalue weighted by atomic mass is 10.0. The third kappa shape index (κ3) is 2.78. The highest BCUT2D eigenvalue weighted by molar-refractivity contribution is 14.1. The predicted octanol–water partition coefficient (Wildman–Crippen LogP) is 2.28. The maximum Gasteiger partial charge on any atom is 0.255 e. The number of amides is 1. The Kier molecular flexibility index (Phi) is 4.86. The minimum Gasteiger partial charge on any atom is -0.338 e. The van der Waals surface area contributed by atoms with Crippen LogP contribution < -0.4 is 5.32 Å². The first-order chi connectivity index (χ1) is 9.06. The van der Waals surface area contributed by atoms with Crippen molar-refractivity contribution < 1.29 is 13.6 Å². The van der Waals surface area contributed by atoms with Crippen LogP contribution in [0.1, 0.15) is 10.4 Å². The smallest absolute Gasteiger partial charge is 0.255 e. The molecule has 1 aromatic rings. The Bertz CT molecular complexity index is 531. The first kappa shape index (κ1) is 15.9. The number of likely N-dealkylation sites (tertiary alicyclic amines) is 1. The van der Waals surface area contributed by atoms with Crippen molar-refractivity contribution >= 4 is 40.9 Å². The van der Waals surface area contributed by atoms with Crippen LogP contribution in [-0.4, -0.2) is 37.0 Å². The Labute approximate surface area is 135 Å². The lowest BCUT2D eigenvalue weighted by Gasteiger charge is -2.18. The molecular weight excluding hydrogens is 401 g/mol. The molecule has 20 heavy (non-hydrogen) atoms. The molecule has 0 aromatic heterocycles. The van der Waals surface area contributed by atoms with E-state index in [2.05, 4.69) is 5.32 Å². The fraction of sp³-hybridized carbons (Fsp3) is 0.462. The van der Waals surface area contributed by atoms with E-state index < -0.39 is 11.6 Å². The minimum absolute atomic E-state index is 0. The van der Waals surface area contributed by atoms with E-state index in [0.717, 1.165) is 25.2 Å². The summed E-state index contributed by atoms with van der Waals surface area (Å²) < 4.78 is 26.8. The molecule has 2 heterocycles. The molecule has 2 aliphatic heterocycles. The maximum absolute atomic E-state index is 13.3. The second kappa shape index (κ2) is 6.11. The zero-order valence-corrected chi connectivity index (χ0v) is 13.5. The zero-order valence-electron chi connectivity index (χ0n) is 10.5. The van der Waals surface area contributed by atoms with Crippen LogP contribution in [0.15, 0.2) is 12.1 Å². The van der Waals surface area contributed by atoms with Crippen molar-refractivity contribution in [2.24, 2.45) is 11.8 Å². The van der Waals surface area contributed by atoms with Gasteiger partial charge in [-0.05, 0) is 46.6 Å². The van der Waals surface area contributed by atoms with E-state index in [4.69, 9.17) is 0 Å². The molecule has 0 unspecified atom stereocenters. The summed E-state index contributed by atoms with van der Waals surface area (Å²) in [6, 6.07) is 2.08. The predicted molar refractivity (Wildman–Crippen MR) is 82.1 cm³/mol. The van der Waals surface area contributed by atoms with Crippen LogP contribution in [0.3, 0.4) is 0 Å². The maximum atomic E-state index is 13.3. The molecule has 2 saturated heterocycles. The van der Waals surface area contributed by atoms with E-state index >= 15 is 0 Å². The van der Waals surface area contributed by atoms with Crippen LogP contribution in [0.4, 0.5) is 8.78 Å². The summed E-state index contributed by atoms with van der Waals surface area (Å²) in [7, 11) is 0. The highest BCUT2D eigenvalue weighted by atomic mass is 127. The van der Waals surface area contributed by atoms with Crippen molar-refractivity contribution in [3.8, 4) is 0 Å². The van der Waals surface area contributed by atoms with Crippen LogP contribution in [-0.2, 0) is 0 Å². The molecule has 1 aromatic carbocycles. The SMILES string of the molecule is Cl.O=C(c1cc(F)c(F)cc1I)N1C[C@H]2CNC[C@H]2C1. The summed E-state index contributed by atoms with van der Waals surface area (Å²) in [5.74, 6) is -1.09. The second-order valence-corrected chi connectivity index (χ2v) is 6.30. The van der Waals surface area contributed by atoms with E-state index in [1.54, 1.807) is 4.90 Å². The summed E-state index contributed by atoms with van der Waals surface area (Å²) in [5, 5.41) is 3.30. The molecule has 3 rings (SSSR count). The molecule has 2 fully saturated rings. The van der Waals surface area contributed by atoms with Gasteiger partial charge in [0.15, 0.2) is 11.6 Å². The minimum atomic E-state index is -0.968. The molecule has 0 spiro atoms. The van der Waals surface area contributed by atoms with Gasteiger partial charge in [-0.3, -0.25) is 4.79 Å². The lowest BCUT2D eigenvalue weighted by molar-refractivity contribution is 0.0780. The largest absolute Gasteiger partial charge is 0.338 e. The summed E-state index contributed by atoms with van der Waals surface area (Å²) >= 11 is 1.87. The molecular formula is C13H14ClF2IN2O. The summed E-state index contributed by atoms with van der Waals surface area (Å²) in [4.78, 5) is 14.1. The van der Waals surface area contributed by atoms with Gasteiger partial charge >= 0.3 is 0 Å². The summed E-state index contributed by atoms with van der Waals surface area (Å²) in [5.41, 5.74) is 0.257. The highest BCUT2D eigenvalue weighted by Gasteiger charge is 2.38. The van der Waals surface area contributed by atoms with Crippen LogP contribution in [0.5, 0.6) is 0 Å². The van der Waals surface area contributed by atoms with E-state index in [-0.39, 0.29) is 23.9 Å². The molecule has 110 valence electrons. The van der Waals surface area contributed by atoms with Gasteiger partial charge in [0.05, 0.1) is 5.56 Å². The topological polar surface area (TPSA) is 32.3 Å². The molecule has 0 radical (unpaired) electrons. The second-order valence-electron chi connectivity index (χ2n) is 5.13. The highest BCUT2D eigenvalue weighted by Crippen LogP contribution is 2.28. The Morgan fingerprint density at radius 1 is 1.20 bits per heavy atom. The number of nitrogens with one attached hydrogen (secondary N) is 1. The van der Waals surface area contributed by atoms with Gasteiger partial charge in [-0.2, -0.15) is 0 Å². The van der Waals surface area contributed by atoms with Gasteiger partial charge in [0.25, 0.3) is 5.91 Å². The molecule has 0 bridgehead atoms. The number of hydrogen-bond acceptors (Lipinski definition) is 2. The van der Waals surface area contributed by atoms with Crippen LogP contribution >= 0.6 is 35.0 Å². The number of carbonyl (C=O) groups is 1. The van der Waals surface area contributed by atoms with Gasteiger partial charge in [-0.25, -0.2) is 8.78 Å². The summed E-state index contributed by atoms with van der Waals surface area (Å²) in [6.07, 6.45) is 0. The number of fused-ring (bicyclic) bond motifs is 1. The fourth-order valence-corrected chi connectivity index (χ4v) is 3.54. The Balaban J connectivity index is 0.00000147. The third-order valence-electron chi connectivity index (χ3n) is 3.92. The molecule has 1 amide bonds. The van der Waals surface area contributed by atoms with Crippen molar-refractivity contribution in [2.75, 3.05) is 26.2 Å². The van der Waals surface area contributed by atoms with Gasteiger partial charge < -0.3 is 10.2 Å². The van der Waals surface area contributed by atoms with Crippen LogP contribution in [0.25, 0.3) is 0 Å². The van der Waals surface area contributed by atoms with E-state index in [1.807, 2.05) is 22.6 Å². The Morgan fingerprint density at radius 3 is 2.35 bits per heavy atom. The summed E-state index contributed by atoms with van der Waals surface area (Å²) in [6.45, 7) is 3.27. The van der Waals surface area contributed by atoms with E-state index in [1.165, 1.54) is 0 Å². The normalized spacial score (nSPS) is 24.4. The van der Waals surface area contributed by atoms with Crippen LogP contribution in [0, 0.1) is 27.0 Å². The molecule has 7 heteroatoms. The van der Waals surface area contributed by atoms with Crippen molar-refractivity contribution in [3.63, 3.8) is 0 Å². The zero-order chi connectivity index (χ0) is 13.6. The van der Waals surface area contributed by atoms with Crippen molar-refractivity contribution in [1.82, 2.24) is 10.2 Å². The number of nitrogens with zero attached hydrogens (tertiary/aromatic N) is 1. The number of halogens is 4. The molecule has 2 atom stereocenters. The Morgan fingerprint density at radius 2 is 1.75 bits per heavy atom. The molecule has 1 N–H and O–H groups in total. The van der Waals surface area contributed by atoms with E-state index in [0.29, 0.717) is 28.5 Å². The first-order valence-electron chi connectivity index (χ1n) is 6.21. The van der Waals surface area contributed by atoms with Gasteiger partial charge in [0.1, 0.15) is 0 Å². The fourth-order valence-electron chi connectivity index (χ4n) is 2.88. The molecule has 0 saturated carbocycles. The molecule has 2 aliphatic rings. The number of hydrogen-bond donors (Lipinski definition) is 1. The third-order valence-corrected chi connectivity index (χ3v) is 4.81. The van der Waals surface area contributed by atoms with E-state index in [9.17, 15) is 13.6 Å². The number of benzene rings is 1. The lowest BCUT2D eigenvalue weighted by Crippen LogP contribution is -2.32. The number of carbonyl (C=O) groups excluding carboxylic acids is 1. The van der Waals surface area contributed by atoms with Gasteiger partial charge in [0.2, 0.25) is 0 Å². The van der Waals surface area contributed by atoms with Crippen molar-refractivity contribution in [2.45, 2.75) is 0 Å². The number of rotatable bonds is 1. The average Bonchev–Trinajstić information content (AvgIpc) is 2.93. The molecule has 3 nitrogen and oxygen atoms in total. The molecule has 0 aliphatic carbocycles. The Hall–Kier alpha value is -0.470. The average molecular weight is 415 g/mol. The first-order valence-corrected chi connectivity index (χ1v) is 7.28. The van der Waals surface area contributed by atoms with Gasteiger partial charge in [0, 0.05) is 29.7 Å². The van der Waals surface area contributed by atoms with Crippen LogP contribution in [0.2, 0.25) is 0 Å². The van der Waals surface area contributed by atoms with Crippen molar-refractivity contribution in [1.29, 1.82) is 0 Å². The van der Waals surface area contributed by atoms with Gasteiger partial charge in [-0.15, -0.1) is 12.4 Å².